The summed E-state index contributed by atoms with van der Waals surface area (Å²) < 4.78 is 59.7. The Bertz CT molecular complexity index is 2460. The zero-order chi connectivity index (χ0) is 55.4. The van der Waals surface area contributed by atoms with Crippen molar-refractivity contribution in [2.75, 3.05) is 147 Å². The number of aliphatic imine (C=N–C) groups is 2. The van der Waals surface area contributed by atoms with Crippen LogP contribution in [0.25, 0.3) is 0 Å². The predicted octanol–water partition coefficient (Wildman–Crippen LogP) is 7.48. The summed E-state index contributed by atoms with van der Waals surface area (Å²) in [6.45, 7) is 18.4. The van der Waals surface area contributed by atoms with E-state index >= 15 is 0 Å². The maximum absolute atomic E-state index is 13.8. The molecule has 2 saturated heterocycles. The van der Waals surface area contributed by atoms with E-state index in [0.29, 0.717) is 161 Å². The van der Waals surface area contributed by atoms with Crippen LogP contribution in [0, 0.1) is 0 Å². The molecule has 0 unspecified atom stereocenters. The molecule has 2 amide bonds. The minimum absolute atomic E-state index is 0.0224. The van der Waals surface area contributed by atoms with E-state index in [4.69, 9.17) is 62.3 Å². The van der Waals surface area contributed by atoms with Gasteiger partial charge in [-0.15, -0.1) is 0 Å². The molecule has 0 aliphatic carbocycles. The van der Waals surface area contributed by atoms with Gasteiger partial charge in [-0.25, -0.2) is 0 Å². The highest BCUT2D eigenvalue weighted by Gasteiger charge is 2.36. The predicted molar refractivity (Wildman–Crippen MR) is 304 cm³/mol. The second-order valence-corrected chi connectivity index (χ2v) is 21.6. The first-order valence-corrected chi connectivity index (χ1v) is 28.1. The topological polar surface area (TPSA) is 177 Å². The van der Waals surface area contributed by atoms with Crippen molar-refractivity contribution in [2.24, 2.45) is 9.98 Å². The zero-order valence-electron chi connectivity index (χ0n) is 47.2. The molecule has 19 nitrogen and oxygen atoms in total. The molecule has 7 rings (SSSR count). The molecule has 4 aliphatic rings. The van der Waals surface area contributed by atoms with E-state index in [1.807, 2.05) is 60.0 Å². The lowest BCUT2D eigenvalue weighted by atomic mass is 10.1. The molecule has 5 heterocycles. The molecule has 78 heavy (non-hydrogen) atoms. The Labute approximate surface area is 465 Å². The normalized spacial score (nSPS) is 17.9. The highest BCUT2D eigenvalue weighted by atomic mass is 32.2. The zero-order valence-corrected chi connectivity index (χ0v) is 48.0. The first kappa shape index (κ1) is 60.1. The minimum Gasteiger partial charge on any atom is -0.493 e. The van der Waals surface area contributed by atoms with Crippen LogP contribution in [0.15, 0.2) is 69.7 Å². The molecule has 0 radical (unpaired) electrons. The fourth-order valence-corrected chi connectivity index (χ4v) is 9.85. The maximum Gasteiger partial charge on any atom is 0.257 e. The van der Waals surface area contributed by atoms with Crippen LogP contribution in [-0.2, 0) is 36.9 Å². The average Bonchev–Trinajstić information content (AvgIpc) is 4.03. The van der Waals surface area contributed by atoms with Crippen LogP contribution < -0.4 is 23.7 Å². The van der Waals surface area contributed by atoms with E-state index in [1.54, 1.807) is 45.6 Å². The molecular formula is C58H81N7O12S. The highest BCUT2D eigenvalue weighted by Crippen LogP contribution is 2.41. The summed E-state index contributed by atoms with van der Waals surface area (Å²) in [5.41, 5.74) is 5.41. The van der Waals surface area contributed by atoms with E-state index in [2.05, 4.69) is 49.1 Å². The summed E-state index contributed by atoms with van der Waals surface area (Å²) in [4.78, 5) is 50.3. The van der Waals surface area contributed by atoms with Crippen molar-refractivity contribution >= 4 is 47.4 Å². The third-order valence-electron chi connectivity index (χ3n) is 14.1. The van der Waals surface area contributed by atoms with Gasteiger partial charge in [0.05, 0.1) is 120 Å². The average molecular weight is 1100 g/mol. The first-order chi connectivity index (χ1) is 37.8. The van der Waals surface area contributed by atoms with Crippen LogP contribution in [0.3, 0.4) is 0 Å². The smallest absolute Gasteiger partial charge is 0.257 e. The Morgan fingerprint density at radius 2 is 1.08 bits per heavy atom. The van der Waals surface area contributed by atoms with Crippen LogP contribution in [-0.4, -0.2) is 212 Å². The Morgan fingerprint density at radius 3 is 1.54 bits per heavy atom. The second-order valence-electron chi connectivity index (χ2n) is 20.1. The number of ether oxygens (including phenoxy) is 10. The summed E-state index contributed by atoms with van der Waals surface area (Å²) in [5.74, 6) is 1.94. The van der Waals surface area contributed by atoms with Crippen molar-refractivity contribution in [2.45, 2.75) is 70.6 Å². The number of aromatic nitrogens is 1. The number of rotatable bonds is 33. The SMILES string of the molecule is C/C=C1\C[C@H]2C=Nc3cc(OCc4cc(OCCN(CCOCCOCCOC)CCOCCOCCN(C)CC(C)(C)SC)cc(COc5cc6c(cc5OC)C(=O)N5C/C(=C/C)C[C@H]5C=N6)n4)c(OC)cc3C(=O)N2C1. The Kier molecular flexibility index (Phi) is 23.2. The number of pyridine rings is 1. The fraction of sp³-hybridized carbons (Fsp3) is 0.569. The number of amides is 2. The van der Waals surface area contributed by atoms with Crippen molar-refractivity contribution in [3.05, 3.63) is 82.2 Å². The van der Waals surface area contributed by atoms with E-state index in [9.17, 15) is 9.59 Å². The van der Waals surface area contributed by atoms with Crippen molar-refractivity contribution in [1.82, 2.24) is 24.6 Å². The number of fused-ring (bicyclic) bond motifs is 4. The Morgan fingerprint density at radius 1 is 0.615 bits per heavy atom. The third kappa shape index (κ3) is 17.0. The number of carbonyl (C=O) groups is 2. The van der Waals surface area contributed by atoms with Gasteiger partial charge in [0.15, 0.2) is 23.0 Å². The number of likely N-dealkylation sites (N-methyl/N-ethyl adjacent to an activating group) is 1. The van der Waals surface area contributed by atoms with Crippen molar-refractivity contribution in [3.8, 4) is 28.7 Å². The van der Waals surface area contributed by atoms with Gasteiger partial charge in [-0.3, -0.25) is 29.5 Å². The summed E-state index contributed by atoms with van der Waals surface area (Å²) >= 11 is 1.87. The fourth-order valence-electron chi connectivity index (χ4n) is 9.50. The molecule has 0 spiro atoms. The molecule has 0 saturated carbocycles. The number of hydrogen-bond donors (Lipinski definition) is 0. The maximum atomic E-state index is 13.8. The summed E-state index contributed by atoms with van der Waals surface area (Å²) in [5, 5.41) is 0. The van der Waals surface area contributed by atoms with Crippen molar-refractivity contribution < 1.29 is 57.0 Å². The van der Waals surface area contributed by atoms with Gasteiger partial charge in [0.1, 0.15) is 25.6 Å². The van der Waals surface area contributed by atoms with Crippen LogP contribution >= 0.6 is 11.8 Å². The standard InChI is InChI=1S/C58H81N7O12S/c1-10-41-26-45-34-59-50-32-54(52(69-7)30-48(50)56(66)64(45)36-41)76-38-43-28-47(29-44(61-43)39-77-55-33-51-49(31-53(55)70-8)57(67)65-37-42(11-2)27-46(65)35-60-51)75-19-15-63(14-18-73-24-25-74-21-20-68-6)13-17-72-23-22-71-16-12-62(5)40-58(3,4)78-9/h10-11,28-35,45-46H,12-27,36-40H2,1-9H3/b41-10+,42-11+/t45-,46-/m0/s1. The Balaban J connectivity index is 1.04. The molecule has 0 N–H and O–H groups in total. The van der Waals surface area contributed by atoms with Crippen molar-refractivity contribution in [1.29, 1.82) is 0 Å². The van der Waals surface area contributed by atoms with Crippen LogP contribution in [0.1, 0.15) is 72.6 Å². The van der Waals surface area contributed by atoms with Gasteiger partial charge < -0.3 is 62.1 Å². The number of nitrogens with zero attached hydrogens (tertiary/aromatic N) is 7. The van der Waals surface area contributed by atoms with Gasteiger partial charge in [0.25, 0.3) is 11.8 Å². The van der Waals surface area contributed by atoms with Gasteiger partial charge in [0.2, 0.25) is 0 Å². The summed E-state index contributed by atoms with van der Waals surface area (Å²) in [7, 11) is 6.86. The molecule has 4 aliphatic heterocycles. The molecular weight excluding hydrogens is 1020 g/mol. The number of carbonyl (C=O) groups excluding carboxylic acids is 2. The monoisotopic (exact) mass is 1100 g/mol. The Hall–Kier alpha value is -5.58. The number of benzene rings is 2. The molecule has 2 fully saturated rings. The lowest BCUT2D eigenvalue weighted by Gasteiger charge is -2.28. The number of methoxy groups -OCH3 is 3. The van der Waals surface area contributed by atoms with Gasteiger partial charge in [-0.2, -0.15) is 11.8 Å². The van der Waals surface area contributed by atoms with Crippen LogP contribution in [0.5, 0.6) is 28.7 Å². The van der Waals surface area contributed by atoms with E-state index in [0.717, 1.165) is 25.9 Å². The molecule has 0 bridgehead atoms. The number of thioether (sulfide) groups is 1. The van der Waals surface area contributed by atoms with Gasteiger partial charge in [0, 0.05) is 94.4 Å². The quantitative estimate of drug-likeness (QED) is 0.0433. The molecule has 426 valence electrons. The lowest BCUT2D eigenvalue weighted by Crippen LogP contribution is -2.36. The number of allylic oxidation sites excluding steroid dienone is 2. The molecule has 2 aromatic carbocycles. The molecule has 2 atom stereocenters. The largest absolute Gasteiger partial charge is 0.493 e. The summed E-state index contributed by atoms with van der Waals surface area (Å²) in [6.07, 6.45) is 11.4. The van der Waals surface area contributed by atoms with E-state index < -0.39 is 0 Å². The number of hydrogen-bond acceptors (Lipinski definition) is 18. The lowest BCUT2D eigenvalue weighted by molar-refractivity contribution is 0.0116. The minimum atomic E-state index is -0.120. The second kappa shape index (κ2) is 30.1. The van der Waals surface area contributed by atoms with E-state index in [1.165, 1.54) is 11.1 Å². The highest BCUT2D eigenvalue weighted by molar-refractivity contribution is 7.99. The van der Waals surface area contributed by atoms with Crippen LogP contribution in [0.4, 0.5) is 11.4 Å². The first-order valence-electron chi connectivity index (χ1n) is 26.9. The molecule has 3 aromatic rings. The van der Waals surface area contributed by atoms with Gasteiger partial charge in [-0.1, -0.05) is 23.3 Å². The van der Waals surface area contributed by atoms with Crippen LogP contribution in [0.2, 0.25) is 0 Å². The molecule has 20 heteroatoms. The van der Waals surface area contributed by atoms with E-state index in [-0.39, 0.29) is 41.9 Å². The summed E-state index contributed by atoms with van der Waals surface area (Å²) in [6, 6.07) is 10.3. The van der Waals surface area contributed by atoms with Crippen molar-refractivity contribution in [3.63, 3.8) is 0 Å². The molecule has 1 aromatic heterocycles. The van der Waals surface area contributed by atoms with Gasteiger partial charge in [-0.05, 0) is 66.0 Å². The third-order valence-corrected chi connectivity index (χ3v) is 15.3. The van der Waals surface area contributed by atoms with Gasteiger partial charge >= 0.3 is 0 Å².